The topological polar surface area (TPSA) is 29.1 Å². The number of hydrogen-bond donors (Lipinski definition) is 1. The van der Waals surface area contributed by atoms with Gasteiger partial charge in [0, 0.05) is 18.0 Å². The molecular formula is C14H20ClNO. The number of alkyl halides is 1. The lowest BCUT2D eigenvalue weighted by Gasteiger charge is -2.16. The van der Waals surface area contributed by atoms with Crippen molar-refractivity contribution in [3.63, 3.8) is 0 Å². The monoisotopic (exact) mass is 253 g/mol. The van der Waals surface area contributed by atoms with E-state index in [1.54, 1.807) is 0 Å². The lowest BCUT2D eigenvalue weighted by molar-refractivity contribution is 0.0945. The highest BCUT2D eigenvalue weighted by Crippen LogP contribution is 2.10. The summed E-state index contributed by atoms with van der Waals surface area (Å²) in [4.78, 5) is 11.9. The summed E-state index contributed by atoms with van der Waals surface area (Å²) in [7, 11) is 0. The van der Waals surface area contributed by atoms with Gasteiger partial charge in [0.15, 0.2) is 0 Å². The van der Waals surface area contributed by atoms with Gasteiger partial charge < -0.3 is 5.32 Å². The number of rotatable bonds is 5. The van der Waals surface area contributed by atoms with E-state index < -0.39 is 0 Å². The molecule has 0 aromatic heterocycles. The molecule has 2 nitrogen and oxygen atoms in total. The minimum absolute atomic E-state index is 0.0236. The van der Waals surface area contributed by atoms with Crippen LogP contribution in [0.15, 0.2) is 24.3 Å². The fourth-order valence-electron chi connectivity index (χ4n) is 1.39. The Bertz CT molecular complexity index is 376. The standard InChI is InChI=1S/C14H20ClNO/c1-10(2)11(3)9-16-14(17)13-6-4-5-12(7-13)8-15/h4-7,10-11H,8-9H2,1-3H3,(H,16,17). The second-order valence-corrected chi connectivity index (χ2v) is 5.03. The van der Waals surface area contributed by atoms with E-state index in [0.717, 1.165) is 5.56 Å². The van der Waals surface area contributed by atoms with Gasteiger partial charge in [0.1, 0.15) is 0 Å². The number of nitrogens with one attached hydrogen (secondary N) is 1. The maximum Gasteiger partial charge on any atom is 0.251 e. The van der Waals surface area contributed by atoms with E-state index in [1.807, 2.05) is 24.3 Å². The van der Waals surface area contributed by atoms with Crippen LogP contribution < -0.4 is 5.32 Å². The van der Waals surface area contributed by atoms with Crippen LogP contribution in [0, 0.1) is 11.8 Å². The van der Waals surface area contributed by atoms with Gasteiger partial charge in [0.05, 0.1) is 0 Å². The van der Waals surface area contributed by atoms with Crippen LogP contribution in [0.3, 0.4) is 0 Å². The number of carbonyl (C=O) groups is 1. The first-order chi connectivity index (χ1) is 8.04. The largest absolute Gasteiger partial charge is 0.352 e. The quantitative estimate of drug-likeness (QED) is 0.801. The lowest BCUT2D eigenvalue weighted by atomic mass is 9.98. The van der Waals surface area contributed by atoms with Gasteiger partial charge in [0.2, 0.25) is 0 Å². The summed E-state index contributed by atoms with van der Waals surface area (Å²) in [5, 5.41) is 2.95. The summed E-state index contributed by atoms with van der Waals surface area (Å²) < 4.78 is 0. The maximum absolute atomic E-state index is 11.9. The first-order valence-corrected chi connectivity index (χ1v) is 6.51. The molecule has 0 spiro atoms. The molecule has 1 aromatic rings. The molecule has 1 N–H and O–H groups in total. The molecule has 0 heterocycles. The summed E-state index contributed by atoms with van der Waals surface area (Å²) in [6.07, 6.45) is 0. The smallest absolute Gasteiger partial charge is 0.251 e. The first kappa shape index (κ1) is 14.0. The van der Waals surface area contributed by atoms with Gasteiger partial charge in [-0.2, -0.15) is 0 Å². The second kappa shape index (κ2) is 6.65. The van der Waals surface area contributed by atoms with Crippen LogP contribution in [0.25, 0.3) is 0 Å². The molecule has 0 bridgehead atoms. The minimum atomic E-state index is -0.0236. The molecule has 0 saturated heterocycles. The van der Waals surface area contributed by atoms with Crippen molar-refractivity contribution in [1.29, 1.82) is 0 Å². The lowest BCUT2D eigenvalue weighted by Crippen LogP contribution is -2.30. The van der Waals surface area contributed by atoms with Crippen molar-refractivity contribution in [3.8, 4) is 0 Å². The van der Waals surface area contributed by atoms with Crippen molar-refractivity contribution in [1.82, 2.24) is 5.32 Å². The van der Waals surface area contributed by atoms with Crippen LogP contribution in [0.2, 0.25) is 0 Å². The normalized spacial score (nSPS) is 12.5. The van der Waals surface area contributed by atoms with E-state index in [9.17, 15) is 4.79 Å². The van der Waals surface area contributed by atoms with Gasteiger partial charge in [0.25, 0.3) is 5.91 Å². The van der Waals surface area contributed by atoms with Crippen molar-refractivity contribution >= 4 is 17.5 Å². The van der Waals surface area contributed by atoms with Crippen LogP contribution in [0.1, 0.15) is 36.7 Å². The molecule has 1 rings (SSSR count). The van der Waals surface area contributed by atoms with Crippen molar-refractivity contribution in [2.75, 3.05) is 6.54 Å². The molecule has 0 aliphatic carbocycles. The number of hydrogen-bond acceptors (Lipinski definition) is 1. The molecular weight excluding hydrogens is 234 g/mol. The van der Waals surface area contributed by atoms with Crippen LogP contribution in [0.5, 0.6) is 0 Å². The van der Waals surface area contributed by atoms with Gasteiger partial charge >= 0.3 is 0 Å². The molecule has 1 atom stereocenters. The fourth-order valence-corrected chi connectivity index (χ4v) is 1.55. The van der Waals surface area contributed by atoms with Crippen molar-refractivity contribution in [2.24, 2.45) is 11.8 Å². The minimum Gasteiger partial charge on any atom is -0.352 e. The Morgan fingerprint density at radius 3 is 2.65 bits per heavy atom. The van der Waals surface area contributed by atoms with Crippen molar-refractivity contribution < 1.29 is 4.79 Å². The van der Waals surface area contributed by atoms with Crippen LogP contribution >= 0.6 is 11.6 Å². The fraction of sp³-hybridized carbons (Fsp3) is 0.500. The molecule has 94 valence electrons. The SMILES string of the molecule is CC(C)C(C)CNC(=O)c1cccc(CCl)c1. The Morgan fingerprint density at radius 1 is 1.35 bits per heavy atom. The molecule has 0 radical (unpaired) electrons. The van der Waals surface area contributed by atoms with Gasteiger partial charge in [-0.15, -0.1) is 11.6 Å². The third-order valence-corrected chi connectivity index (χ3v) is 3.37. The zero-order chi connectivity index (χ0) is 12.8. The highest BCUT2D eigenvalue weighted by Gasteiger charge is 2.10. The molecule has 0 aliphatic rings. The van der Waals surface area contributed by atoms with E-state index >= 15 is 0 Å². The van der Waals surface area contributed by atoms with Gasteiger partial charge in [-0.25, -0.2) is 0 Å². The van der Waals surface area contributed by atoms with E-state index in [0.29, 0.717) is 29.8 Å². The Labute approximate surface area is 108 Å². The summed E-state index contributed by atoms with van der Waals surface area (Å²) in [5.74, 6) is 1.47. The maximum atomic E-state index is 11.9. The molecule has 1 aromatic carbocycles. The van der Waals surface area contributed by atoms with E-state index in [2.05, 4.69) is 26.1 Å². The number of halogens is 1. The average Bonchev–Trinajstić information content (AvgIpc) is 2.35. The van der Waals surface area contributed by atoms with Crippen molar-refractivity contribution in [2.45, 2.75) is 26.7 Å². The molecule has 0 saturated carbocycles. The van der Waals surface area contributed by atoms with Gasteiger partial charge in [-0.3, -0.25) is 4.79 Å². The number of amides is 1. The zero-order valence-corrected chi connectivity index (χ0v) is 11.4. The molecule has 1 unspecified atom stereocenters. The van der Waals surface area contributed by atoms with Gasteiger partial charge in [-0.05, 0) is 29.5 Å². The van der Waals surface area contributed by atoms with E-state index in [-0.39, 0.29) is 5.91 Å². The summed E-state index contributed by atoms with van der Waals surface area (Å²) in [6.45, 7) is 7.16. The molecule has 1 amide bonds. The average molecular weight is 254 g/mol. The zero-order valence-electron chi connectivity index (χ0n) is 10.7. The Balaban J connectivity index is 2.57. The third kappa shape index (κ3) is 4.39. The third-order valence-electron chi connectivity index (χ3n) is 3.07. The summed E-state index contributed by atoms with van der Waals surface area (Å²) >= 11 is 5.74. The van der Waals surface area contributed by atoms with Crippen LogP contribution in [-0.4, -0.2) is 12.5 Å². The Hall–Kier alpha value is -1.02. The molecule has 3 heteroatoms. The van der Waals surface area contributed by atoms with Crippen molar-refractivity contribution in [3.05, 3.63) is 35.4 Å². The number of carbonyl (C=O) groups excluding carboxylic acids is 1. The Morgan fingerprint density at radius 2 is 2.06 bits per heavy atom. The van der Waals surface area contributed by atoms with Gasteiger partial charge in [-0.1, -0.05) is 32.9 Å². The second-order valence-electron chi connectivity index (χ2n) is 4.77. The van der Waals surface area contributed by atoms with E-state index in [1.165, 1.54) is 0 Å². The Kier molecular flexibility index (Phi) is 5.49. The van der Waals surface area contributed by atoms with Crippen LogP contribution in [-0.2, 0) is 5.88 Å². The van der Waals surface area contributed by atoms with Crippen LogP contribution in [0.4, 0.5) is 0 Å². The molecule has 17 heavy (non-hydrogen) atoms. The van der Waals surface area contributed by atoms with E-state index in [4.69, 9.17) is 11.6 Å². The first-order valence-electron chi connectivity index (χ1n) is 5.97. The predicted octanol–water partition coefficient (Wildman–Crippen LogP) is 3.45. The highest BCUT2D eigenvalue weighted by atomic mass is 35.5. The molecule has 0 aliphatic heterocycles. The number of benzene rings is 1. The predicted molar refractivity (Wildman–Crippen MR) is 72.3 cm³/mol. The summed E-state index contributed by atoms with van der Waals surface area (Å²) in [6, 6.07) is 7.42. The highest BCUT2D eigenvalue weighted by molar-refractivity contribution is 6.17. The molecule has 0 fully saturated rings. The summed E-state index contributed by atoms with van der Waals surface area (Å²) in [5.41, 5.74) is 1.65.